The van der Waals surface area contributed by atoms with Crippen molar-refractivity contribution in [3.63, 3.8) is 0 Å². The Balaban J connectivity index is 1.73. The molecular formula is C16H33N3O. The molecule has 2 rings (SSSR count). The lowest BCUT2D eigenvalue weighted by molar-refractivity contribution is 0.0210. The van der Waals surface area contributed by atoms with Crippen LogP contribution in [0.25, 0.3) is 0 Å². The lowest BCUT2D eigenvalue weighted by Crippen LogP contribution is -2.51. The van der Waals surface area contributed by atoms with Crippen molar-refractivity contribution < 1.29 is 5.11 Å². The van der Waals surface area contributed by atoms with Crippen molar-refractivity contribution in [1.82, 2.24) is 14.7 Å². The first-order chi connectivity index (χ1) is 9.63. The van der Waals surface area contributed by atoms with Gasteiger partial charge in [0.05, 0.1) is 0 Å². The van der Waals surface area contributed by atoms with Crippen LogP contribution in [0.1, 0.15) is 32.1 Å². The van der Waals surface area contributed by atoms with Crippen LogP contribution in [0.3, 0.4) is 0 Å². The van der Waals surface area contributed by atoms with Crippen LogP contribution in [0.4, 0.5) is 0 Å². The molecule has 1 heterocycles. The number of piperazine rings is 1. The molecule has 0 aromatic heterocycles. The smallest absolute Gasteiger partial charge is 0.0499 e. The Bertz CT molecular complexity index is 269. The van der Waals surface area contributed by atoms with Crippen molar-refractivity contribution in [2.24, 2.45) is 5.41 Å². The molecular weight excluding hydrogens is 250 g/mol. The van der Waals surface area contributed by atoms with Crippen LogP contribution in [0.15, 0.2) is 0 Å². The molecule has 2 fully saturated rings. The first kappa shape index (κ1) is 16.2. The van der Waals surface area contributed by atoms with Gasteiger partial charge in [-0.05, 0) is 26.9 Å². The molecule has 0 atom stereocenters. The van der Waals surface area contributed by atoms with Crippen molar-refractivity contribution in [3.05, 3.63) is 0 Å². The summed E-state index contributed by atoms with van der Waals surface area (Å²) in [7, 11) is 4.29. The molecule has 0 unspecified atom stereocenters. The highest BCUT2D eigenvalue weighted by molar-refractivity contribution is 4.87. The first-order valence-electron chi connectivity index (χ1n) is 8.34. The van der Waals surface area contributed by atoms with Gasteiger partial charge in [0.2, 0.25) is 0 Å². The molecule has 2 aliphatic rings. The van der Waals surface area contributed by atoms with Crippen molar-refractivity contribution in [2.75, 3.05) is 66.5 Å². The number of likely N-dealkylation sites (N-methyl/N-ethyl adjacent to an activating group) is 1. The summed E-state index contributed by atoms with van der Waals surface area (Å²) >= 11 is 0. The van der Waals surface area contributed by atoms with E-state index >= 15 is 0 Å². The van der Waals surface area contributed by atoms with Crippen molar-refractivity contribution in [3.8, 4) is 0 Å². The van der Waals surface area contributed by atoms with E-state index in [1.165, 1.54) is 64.8 Å². The minimum Gasteiger partial charge on any atom is -0.396 e. The van der Waals surface area contributed by atoms with E-state index in [4.69, 9.17) is 0 Å². The van der Waals surface area contributed by atoms with E-state index < -0.39 is 0 Å². The second-order valence-corrected chi connectivity index (χ2v) is 7.14. The second kappa shape index (κ2) is 7.74. The van der Waals surface area contributed by atoms with E-state index in [9.17, 15) is 5.11 Å². The molecule has 0 amide bonds. The third kappa shape index (κ3) is 4.69. The molecule has 0 bridgehead atoms. The Morgan fingerprint density at radius 2 is 1.55 bits per heavy atom. The molecule has 4 nitrogen and oxygen atoms in total. The summed E-state index contributed by atoms with van der Waals surface area (Å²) in [6, 6.07) is 0. The lowest BCUT2D eigenvalue weighted by Gasteiger charge is -2.43. The Morgan fingerprint density at radius 1 is 0.950 bits per heavy atom. The Hall–Kier alpha value is -0.160. The van der Waals surface area contributed by atoms with Crippen molar-refractivity contribution >= 4 is 0 Å². The SMILES string of the molecule is CN(C)CCN1CCN(CC2(CO)CCCCC2)CC1. The Kier molecular flexibility index (Phi) is 6.27. The average Bonchev–Trinajstić information content (AvgIpc) is 2.47. The number of aliphatic hydroxyl groups is 1. The second-order valence-electron chi connectivity index (χ2n) is 7.14. The highest BCUT2D eigenvalue weighted by Crippen LogP contribution is 2.36. The number of nitrogens with zero attached hydrogens (tertiary/aromatic N) is 3. The molecule has 1 aliphatic heterocycles. The van der Waals surface area contributed by atoms with E-state index in [-0.39, 0.29) is 5.41 Å². The molecule has 1 N–H and O–H groups in total. The van der Waals surface area contributed by atoms with Gasteiger partial charge in [-0.15, -0.1) is 0 Å². The van der Waals surface area contributed by atoms with Gasteiger partial charge >= 0.3 is 0 Å². The lowest BCUT2D eigenvalue weighted by atomic mass is 9.74. The maximum Gasteiger partial charge on any atom is 0.0499 e. The highest BCUT2D eigenvalue weighted by Gasteiger charge is 2.34. The van der Waals surface area contributed by atoms with E-state index in [0.717, 1.165) is 13.1 Å². The molecule has 1 saturated heterocycles. The summed E-state index contributed by atoms with van der Waals surface area (Å²) < 4.78 is 0. The molecule has 0 radical (unpaired) electrons. The first-order valence-corrected chi connectivity index (χ1v) is 8.34. The van der Waals surface area contributed by atoms with Crippen LogP contribution < -0.4 is 0 Å². The third-order valence-corrected chi connectivity index (χ3v) is 5.14. The fourth-order valence-corrected chi connectivity index (χ4v) is 3.65. The quantitative estimate of drug-likeness (QED) is 0.791. The van der Waals surface area contributed by atoms with Gasteiger partial charge in [0, 0.05) is 57.8 Å². The monoisotopic (exact) mass is 283 g/mol. The summed E-state index contributed by atoms with van der Waals surface area (Å²) in [5.41, 5.74) is 0.212. The zero-order valence-electron chi connectivity index (χ0n) is 13.5. The van der Waals surface area contributed by atoms with Gasteiger partial charge in [-0.1, -0.05) is 19.3 Å². The summed E-state index contributed by atoms with van der Waals surface area (Å²) in [6.45, 7) is 8.57. The van der Waals surface area contributed by atoms with Gasteiger partial charge in [0.25, 0.3) is 0 Å². The van der Waals surface area contributed by atoms with Crippen LogP contribution in [0.5, 0.6) is 0 Å². The summed E-state index contributed by atoms with van der Waals surface area (Å²) in [6.07, 6.45) is 6.43. The number of rotatable bonds is 6. The Morgan fingerprint density at radius 3 is 2.10 bits per heavy atom. The van der Waals surface area contributed by atoms with E-state index in [1.54, 1.807) is 0 Å². The molecule has 118 valence electrons. The van der Waals surface area contributed by atoms with Gasteiger partial charge in [0.1, 0.15) is 0 Å². The van der Waals surface area contributed by atoms with Gasteiger partial charge in [-0.2, -0.15) is 0 Å². The maximum absolute atomic E-state index is 9.83. The van der Waals surface area contributed by atoms with Crippen LogP contribution in [-0.4, -0.2) is 86.3 Å². The standard InChI is InChI=1S/C16H33N3O/c1-17(2)8-9-18-10-12-19(13-11-18)14-16(15-20)6-4-3-5-7-16/h20H,3-15H2,1-2H3. The molecule has 4 heteroatoms. The molecule has 0 aromatic carbocycles. The van der Waals surface area contributed by atoms with Gasteiger partial charge in [0.15, 0.2) is 0 Å². The maximum atomic E-state index is 9.83. The van der Waals surface area contributed by atoms with Crippen LogP contribution >= 0.6 is 0 Å². The fourth-order valence-electron chi connectivity index (χ4n) is 3.65. The Labute approximate surface area is 124 Å². The van der Waals surface area contributed by atoms with Crippen LogP contribution in [-0.2, 0) is 0 Å². The number of hydrogen-bond donors (Lipinski definition) is 1. The fraction of sp³-hybridized carbons (Fsp3) is 1.00. The topological polar surface area (TPSA) is 30.0 Å². The minimum absolute atomic E-state index is 0.212. The highest BCUT2D eigenvalue weighted by atomic mass is 16.3. The summed E-state index contributed by atoms with van der Waals surface area (Å²) in [4.78, 5) is 7.42. The third-order valence-electron chi connectivity index (χ3n) is 5.14. The summed E-state index contributed by atoms with van der Waals surface area (Å²) in [5, 5.41) is 9.83. The largest absolute Gasteiger partial charge is 0.396 e. The number of hydrogen-bond acceptors (Lipinski definition) is 4. The van der Waals surface area contributed by atoms with Crippen LogP contribution in [0, 0.1) is 5.41 Å². The van der Waals surface area contributed by atoms with Gasteiger partial charge in [-0.3, -0.25) is 4.90 Å². The normalized spacial score (nSPS) is 25.2. The van der Waals surface area contributed by atoms with E-state index in [1.807, 2.05) is 0 Å². The summed E-state index contributed by atoms with van der Waals surface area (Å²) in [5.74, 6) is 0. The predicted octanol–water partition coefficient (Wildman–Crippen LogP) is 1.11. The molecule has 0 aromatic rings. The van der Waals surface area contributed by atoms with Gasteiger partial charge < -0.3 is 14.9 Å². The molecule has 1 aliphatic carbocycles. The zero-order valence-corrected chi connectivity index (χ0v) is 13.5. The predicted molar refractivity (Wildman–Crippen MR) is 84.0 cm³/mol. The molecule has 20 heavy (non-hydrogen) atoms. The zero-order chi connectivity index (χ0) is 14.4. The minimum atomic E-state index is 0.212. The van der Waals surface area contributed by atoms with E-state index in [2.05, 4.69) is 28.8 Å². The van der Waals surface area contributed by atoms with E-state index in [0.29, 0.717) is 6.61 Å². The number of aliphatic hydroxyl groups excluding tert-OH is 1. The van der Waals surface area contributed by atoms with Crippen molar-refractivity contribution in [2.45, 2.75) is 32.1 Å². The van der Waals surface area contributed by atoms with Crippen molar-refractivity contribution in [1.29, 1.82) is 0 Å². The molecule has 1 saturated carbocycles. The molecule has 0 spiro atoms. The van der Waals surface area contributed by atoms with Gasteiger partial charge in [-0.25, -0.2) is 0 Å². The average molecular weight is 283 g/mol. The van der Waals surface area contributed by atoms with Crippen LogP contribution in [0.2, 0.25) is 0 Å².